The van der Waals surface area contributed by atoms with Gasteiger partial charge in [-0.15, -0.1) is 0 Å². The maximum Gasteiger partial charge on any atom is 0.387 e. The number of nitrogens with one attached hydrogen (secondary N) is 1. The van der Waals surface area contributed by atoms with E-state index in [9.17, 15) is 13.6 Å². The molecule has 0 spiro atoms. The van der Waals surface area contributed by atoms with Gasteiger partial charge in [0.25, 0.3) is 5.91 Å². The molecule has 1 amide bonds. The second-order valence-electron chi connectivity index (χ2n) is 5.53. The van der Waals surface area contributed by atoms with E-state index in [1.165, 1.54) is 24.3 Å². The number of carbonyl (C=O) groups is 1. The van der Waals surface area contributed by atoms with Crippen molar-refractivity contribution in [1.29, 1.82) is 0 Å². The van der Waals surface area contributed by atoms with Crippen molar-refractivity contribution in [2.24, 2.45) is 11.1 Å². The first-order chi connectivity index (χ1) is 9.24. The summed E-state index contributed by atoms with van der Waals surface area (Å²) < 4.78 is 28.2. The summed E-state index contributed by atoms with van der Waals surface area (Å²) in [4.78, 5) is 12.0. The summed E-state index contributed by atoms with van der Waals surface area (Å²) in [5.41, 5.74) is 5.85. The summed E-state index contributed by atoms with van der Waals surface area (Å²) in [6, 6.07) is 5.35. The maximum atomic E-state index is 12.0. The van der Waals surface area contributed by atoms with Crippen molar-refractivity contribution >= 4 is 5.91 Å². The second kappa shape index (κ2) is 6.65. The van der Waals surface area contributed by atoms with Crippen LogP contribution in [-0.4, -0.2) is 25.1 Å². The molecule has 0 aliphatic carbocycles. The van der Waals surface area contributed by atoms with E-state index in [4.69, 9.17) is 5.73 Å². The van der Waals surface area contributed by atoms with Crippen LogP contribution in [0.3, 0.4) is 0 Å². The molecule has 1 atom stereocenters. The summed E-state index contributed by atoms with van der Waals surface area (Å²) in [5.74, 6) is -0.276. The third-order valence-electron chi connectivity index (χ3n) is 2.93. The summed E-state index contributed by atoms with van der Waals surface area (Å²) in [6.45, 7) is 3.37. The fourth-order valence-electron chi connectivity index (χ4n) is 1.66. The number of amides is 1. The highest BCUT2D eigenvalue weighted by molar-refractivity contribution is 5.94. The lowest BCUT2D eigenvalue weighted by atomic mass is 9.86. The molecule has 1 unspecified atom stereocenters. The molecule has 0 saturated heterocycles. The summed E-state index contributed by atoms with van der Waals surface area (Å²) in [7, 11) is 0. The van der Waals surface area contributed by atoms with Crippen LogP contribution in [0.25, 0.3) is 0 Å². The minimum absolute atomic E-state index is 0.0164. The van der Waals surface area contributed by atoms with Crippen LogP contribution in [-0.2, 0) is 0 Å². The van der Waals surface area contributed by atoms with Crippen LogP contribution in [0.15, 0.2) is 24.3 Å². The number of alkyl halides is 2. The lowest BCUT2D eigenvalue weighted by Gasteiger charge is -2.30. The molecule has 20 heavy (non-hydrogen) atoms. The average molecular weight is 286 g/mol. The van der Waals surface area contributed by atoms with E-state index in [2.05, 4.69) is 10.1 Å². The predicted octanol–water partition coefficient (Wildman–Crippen LogP) is 2.39. The van der Waals surface area contributed by atoms with E-state index in [0.717, 1.165) is 0 Å². The van der Waals surface area contributed by atoms with Gasteiger partial charge in [-0.2, -0.15) is 8.78 Å². The zero-order valence-corrected chi connectivity index (χ0v) is 11.8. The normalized spacial score (nSPS) is 13.2. The van der Waals surface area contributed by atoms with Gasteiger partial charge in [0.1, 0.15) is 5.75 Å². The van der Waals surface area contributed by atoms with Crippen molar-refractivity contribution in [3.05, 3.63) is 29.8 Å². The molecule has 0 heterocycles. The van der Waals surface area contributed by atoms with E-state index in [-0.39, 0.29) is 23.1 Å². The monoisotopic (exact) mass is 286 g/mol. The van der Waals surface area contributed by atoms with Gasteiger partial charge >= 0.3 is 6.61 Å². The fraction of sp³-hybridized carbons (Fsp3) is 0.500. The Morgan fingerprint density at radius 3 is 2.25 bits per heavy atom. The molecule has 112 valence electrons. The van der Waals surface area contributed by atoms with E-state index in [0.29, 0.717) is 12.1 Å². The number of hydrogen-bond acceptors (Lipinski definition) is 3. The summed E-state index contributed by atoms with van der Waals surface area (Å²) >= 11 is 0. The first-order valence-corrected chi connectivity index (χ1v) is 6.30. The van der Waals surface area contributed by atoms with Gasteiger partial charge in [0.2, 0.25) is 0 Å². The van der Waals surface area contributed by atoms with Gasteiger partial charge < -0.3 is 15.8 Å². The molecular formula is C14H20F2N2O2. The predicted molar refractivity (Wildman–Crippen MR) is 72.8 cm³/mol. The molecule has 4 nitrogen and oxygen atoms in total. The molecule has 0 radical (unpaired) electrons. The number of rotatable bonds is 5. The number of halogens is 2. The van der Waals surface area contributed by atoms with E-state index in [1.807, 2.05) is 20.8 Å². The minimum atomic E-state index is -2.88. The largest absolute Gasteiger partial charge is 0.435 e. The van der Waals surface area contributed by atoms with Crippen LogP contribution in [0.5, 0.6) is 5.75 Å². The van der Waals surface area contributed by atoms with Crippen LogP contribution in [0.4, 0.5) is 8.78 Å². The maximum absolute atomic E-state index is 12.0. The van der Waals surface area contributed by atoms with E-state index < -0.39 is 6.61 Å². The Hall–Kier alpha value is -1.69. The Bertz CT molecular complexity index is 441. The number of nitrogens with two attached hydrogens (primary N) is 1. The molecular weight excluding hydrogens is 266 g/mol. The van der Waals surface area contributed by atoms with Crippen molar-refractivity contribution < 1.29 is 18.3 Å². The Balaban J connectivity index is 2.73. The first-order valence-electron chi connectivity index (χ1n) is 6.30. The lowest BCUT2D eigenvalue weighted by molar-refractivity contribution is -0.0498. The summed E-state index contributed by atoms with van der Waals surface area (Å²) in [6.07, 6.45) is 0. The van der Waals surface area contributed by atoms with Crippen LogP contribution < -0.4 is 15.8 Å². The van der Waals surface area contributed by atoms with Gasteiger partial charge in [0, 0.05) is 18.2 Å². The molecule has 0 fully saturated rings. The summed E-state index contributed by atoms with van der Waals surface area (Å²) in [5, 5.41) is 2.83. The van der Waals surface area contributed by atoms with Crippen molar-refractivity contribution in [3.8, 4) is 5.75 Å². The van der Waals surface area contributed by atoms with Gasteiger partial charge in [0.15, 0.2) is 0 Å². The van der Waals surface area contributed by atoms with E-state index >= 15 is 0 Å². The van der Waals surface area contributed by atoms with E-state index in [1.54, 1.807) is 0 Å². The smallest absolute Gasteiger partial charge is 0.387 e. The molecule has 6 heteroatoms. The topological polar surface area (TPSA) is 64.3 Å². The van der Waals surface area contributed by atoms with Crippen LogP contribution in [0, 0.1) is 5.41 Å². The zero-order chi connectivity index (χ0) is 15.3. The van der Waals surface area contributed by atoms with Crippen LogP contribution in [0.2, 0.25) is 0 Å². The molecule has 0 bridgehead atoms. The standard InChI is InChI=1S/C14H20F2N2O2/c1-14(2,3)11(8-17)18-12(19)9-4-6-10(7-5-9)20-13(15)16/h4-7,11,13H,8,17H2,1-3H3,(H,18,19). The molecule has 0 aromatic heterocycles. The average Bonchev–Trinajstić information content (AvgIpc) is 2.34. The number of ether oxygens (including phenoxy) is 1. The highest BCUT2D eigenvalue weighted by Crippen LogP contribution is 2.19. The van der Waals surface area contributed by atoms with Crippen molar-refractivity contribution in [2.45, 2.75) is 33.4 Å². The van der Waals surface area contributed by atoms with Gasteiger partial charge in [-0.05, 0) is 29.7 Å². The van der Waals surface area contributed by atoms with Crippen LogP contribution >= 0.6 is 0 Å². The van der Waals surface area contributed by atoms with Crippen LogP contribution in [0.1, 0.15) is 31.1 Å². The molecule has 0 saturated carbocycles. The molecule has 1 aromatic carbocycles. The molecule has 1 rings (SSSR count). The number of carbonyl (C=O) groups excluding carboxylic acids is 1. The minimum Gasteiger partial charge on any atom is -0.435 e. The number of hydrogen-bond donors (Lipinski definition) is 2. The second-order valence-corrected chi connectivity index (χ2v) is 5.53. The number of benzene rings is 1. The van der Waals surface area contributed by atoms with Crippen molar-refractivity contribution in [2.75, 3.05) is 6.54 Å². The lowest BCUT2D eigenvalue weighted by Crippen LogP contribution is -2.48. The van der Waals surface area contributed by atoms with Gasteiger partial charge in [-0.3, -0.25) is 4.79 Å². The molecule has 1 aromatic rings. The third-order valence-corrected chi connectivity index (χ3v) is 2.93. The first kappa shape index (κ1) is 16.4. The molecule has 0 aliphatic heterocycles. The SMILES string of the molecule is CC(C)(C)C(CN)NC(=O)c1ccc(OC(F)F)cc1. The zero-order valence-electron chi connectivity index (χ0n) is 11.8. The Morgan fingerprint density at radius 1 is 1.30 bits per heavy atom. The highest BCUT2D eigenvalue weighted by atomic mass is 19.3. The van der Waals surface area contributed by atoms with Gasteiger partial charge in [-0.1, -0.05) is 20.8 Å². The van der Waals surface area contributed by atoms with Crippen molar-refractivity contribution in [3.63, 3.8) is 0 Å². The van der Waals surface area contributed by atoms with Gasteiger partial charge in [-0.25, -0.2) is 0 Å². The Labute approximate surface area is 117 Å². The quantitative estimate of drug-likeness (QED) is 0.873. The van der Waals surface area contributed by atoms with Gasteiger partial charge in [0.05, 0.1) is 0 Å². The Kier molecular flexibility index (Phi) is 5.44. The molecule has 3 N–H and O–H groups in total. The Morgan fingerprint density at radius 2 is 1.85 bits per heavy atom. The molecule has 0 aliphatic rings. The fourth-order valence-corrected chi connectivity index (χ4v) is 1.66. The highest BCUT2D eigenvalue weighted by Gasteiger charge is 2.25. The third kappa shape index (κ3) is 4.77. The van der Waals surface area contributed by atoms with Crippen molar-refractivity contribution in [1.82, 2.24) is 5.32 Å².